The Morgan fingerprint density at radius 3 is 2.71 bits per heavy atom. The number of rotatable bonds is 1. The number of para-hydroxylation sites is 1. The highest BCUT2D eigenvalue weighted by Crippen LogP contribution is 2.12. The van der Waals surface area contributed by atoms with Crippen molar-refractivity contribution in [3.05, 3.63) is 58.8 Å². The molecule has 1 aromatic carbocycles. The van der Waals surface area contributed by atoms with Crippen LogP contribution in [-0.2, 0) is 0 Å². The Labute approximate surface area is 97.1 Å². The fraction of sp³-hybridized carbons (Fsp3) is 0.0769. The van der Waals surface area contributed by atoms with Crippen LogP contribution in [0, 0.1) is 6.92 Å². The summed E-state index contributed by atoms with van der Waals surface area (Å²) in [6, 6.07) is 11.1. The summed E-state index contributed by atoms with van der Waals surface area (Å²) in [5, 5.41) is 0. The van der Waals surface area contributed by atoms with E-state index in [0.29, 0.717) is 16.9 Å². The van der Waals surface area contributed by atoms with Crippen LogP contribution in [0.2, 0.25) is 0 Å². The van der Waals surface area contributed by atoms with Gasteiger partial charge in [0.2, 0.25) is 5.58 Å². The lowest BCUT2D eigenvalue weighted by molar-refractivity contribution is 0.606. The Morgan fingerprint density at radius 2 is 1.94 bits per heavy atom. The number of hydrogen-bond donors (Lipinski definition) is 0. The lowest BCUT2D eigenvalue weighted by Crippen LogP contribution is -2.21. The van der Waals surface area contributed by atoms with Crippen molar-refractivity contribution in [2.24, 2.45) is 0 Å². The predicted octanol–water partition coefficient (Wildman–Crippen LogP) is 2.29. The van der Waals surface area contributed by atoms with Crippen LogP contribution in [0.4, 0.5) is 0 Å². The van der Waals surface area contributed by atoms with Crippen molar-refractivity contribution in [3.8, 4) is 5.69 Å². The summed E-state index contributed by atoms with van der Waals surface area (Å²) in [6.07, 6.45) is 1.48. The van der Waals surface area contributed by atoms with Crippen LogP contribution >= 0.6 is 0 Å². The van der Waals surface area contributed by atoms with E-state index in [2.05, 4.69) is 4.98 Å². The second-order valence-corrected chi connectivity index (χ2v) is 3.77. The Bertz CT molecular complexity index is 726. The predicted molar refractivity (Wildman–Crippen MR) is 64.3 cm³/mol. The van der Waals surface area contributed by atoms with Gasteiger partial charge in [0.25, 0.3) is 0 Å². The Kier molecular flexibility index (Phi) is 2.08. The van der Waals surface area contributed by atoms with Gasteiger partial charge in [-0.05, 0) is 19.1 Å². The van der Waals surface area contributed by atoms with Crippen molar-refractivity contribution in [2.75, 3.05) is 0 Å². The van der Waals surface area contributed by atoms with E-state index in [1.165, 1.54) is 6.26 Å². The minimum atomic E-state index is -0.177. The average molecular weight is 226 g/mol. The second kappa shape index (κ2) is 3.59. The van der Waals surface area contributed by atoms with Gasteiger partial charge in [0, 0.05) is 6.07 Å². The standard InChI is InChI=1S/C13H10N2O2/c1-9-14-11-7-8-17-12(11)13(16)15(9)10-5-3-2-4-6-10/h2-8H,1H3. The zero-order valence-electron chi connectivity index (χ0n) is 9.25. The third-order valence-corrected chi connectivity index (χ3v) is 2.66. The zero-order valence-corrected chi connectivity index (χ0v) is 9.25. The molecule has 0 aliphatic carbocycles. The van der Waals surface area contributed by atoms with Crippen LogP contribution in [0.15, 0.2) is 51.9 Å². The maximum Gasteiger partial charge on any atom is 0.301 e. The van der Waals surface area contributed by atoms with Crippen LogP contribution in [0.3, 0.4) is 0 Å². The maximum atomic E-state index is 12.2. The summed E-state index contributed by atoms with van der Waals surface area (Å²) in [5.41, 5.74) is 1.50. The molecule has 0 saturated carbocycles. The first-order valence-electron chi connectivity index (χ1n) is 5.29. The van der Waals surface area contributed by atoms with E-state index in [1.807, 2.05) is 30.3 Å². The Balaban J connectivity index is 2.40. The molecule has 0 atom stereocenters. The molecule has 0 bridgehead atoms. The molecule has 0 radical (unpaired) electrons. The van der Waals surface area contributed by atoms with E-state index >= 15 is 0 Å². The van der Waals surface area contributed by atoms with Gasteiger partial charge in [-0.3, -0.25) is 9.36 Å². The van der Waals surface area contributed by atoms with Crippen molar-refractivity contribution >= 4 is 11.1 Å². The molecule has 0 amide bonds. The average Bonchev–Trinajstić information content (AvgIpc) is 2.78. The van der Waals surface area contributed by atoms with Crippen molar-refractivity contribution in [2.45, 2.75) is 6.92 Å². The molecule has 17 heavy (non-hydrogen) atoms. The molecule has 84 valence electrons. The third-order valence-electron chi connectivity index (χ3n) is 2.66. The molecule has 3 rings (SSSR count). The van der Waals surface area contributed by atoms with E-state index in [-0.39, 0.29) is 5.56 Å². The number of aromatic nitrogens is 2. The number of benzene rings is 1. The van der Waals surface area contributed by atoms with Crippen LogP contribution in [0.25, 0.3) is 16.8 Å². The summed E-state index contributed by atoms with van der Waals surface area (Å²) in [5.74, 6) is 0.648. The van der Waals surface area contributed by atoms with Crippen molar-refractivity contribution in [3.63, 3.8) is 0 Å². The summed E-state index contributed by atoms with van der Waals surface area (Å²) < 4.78 is 6.72. The molecule has 0 N–H and O–H groups in total. The largest absolute Gasteiger partial charge is 0.457 e. The fourth-order valence-corrected chi connectivity index (χ4v) is 1.90. The first-order valence-corrected chi connectivity index (χ1v) is 5.29. The minimum absolute atomic E-state index is 0.177. The van der Waals surface area contributed by atoms with Crippen LogP contribution in [0.5, 0.6) is 0 Å². The number of fused-ring (bicyclic) bond motifs is 1. The molecule has 0 aliphatic heterocycles. The molecule has 0 unspecified atom stereocenters. The van der Waals surface area contributed by atoms with E-state index in [1.54, 1.807) is 17.6 Å². The first kappa shape index (κ1) is 9.84. The van der Waals surface area contributed by atoms with Gasteiger partial charge in [0.1, 0.15) is 11.3 Å². The van der Waals surface area contributed by atoms with Gasteiger partial charge in [-0.2, -0.15) is 0 Å². The molecule has 0 fully saturated rings. The molecule has 2 aromatic heterocycles. The first-order chi connectivity index (χ1) is 8.27. The van der Waals surface area contributed by atoms with Crippen molar-refractivity contribution in [1.29, 1.82) is 0 Å². The van der Waals surface area contributed by atoms with E-state index in [4.69, 9.17) is 4.42 Å². The molecule has 0 aliphatic rings. The zero-order chi connectivity index (χ0) is 11.8. The van der Waals surface area contributed by atoms with E-state index < -0.39 is 0 Å². The summed E-state index contributed by atoms with van der Waals surface area (Å²) in [7, 11) is 0. The molecule has 4 nitrogen and oxygen atoms in total. The summed E-state index contributed by atoms with van der Waals surface area (Å²) in [4.78, 5) is 16.6. The number of aryl methyl sites for hydroxylation is 1. The Morgan fingerprint density at radius 1 is 1.18 bits per heavy atom. The fourth-order valence-electron chi connectivity index (χ4n) is 1.90. The second-order valence-electron chi connectivity index (χ2n) is 3.77. The lowest BCUT2D eigenvalue weighted by Gasteiger charge is -2.08. The highest BCUT2D eigenvalue weighted by Gasteiger charge is 2.11. The molecule has 0 spiro atoms. The molecular formula is C13H10N2O2. The topological polar surface area (TPSA) is 48.0 Å². The normalized spacial score (nSPS) is 10.9. The molecule has 3 aromatic rings. The van der Waals surface area contributed by atoms with Gasteiger partial charge in [0.05, 0.1) is 12.0 Å². The summed E-state index contributed by atoms with van der Waals surface area (Å²) in [6.45, 7) is 1.81. The van der Waals surface area contributed by atoms with Gasteiger partial charge in [-0.25, -0.2) is 4.98 Å². The van der Waals surface area contributed by atoms with Crippen LogP contribution in [-0.4, -0.2) is 9.55 Å². The minimum Gasteiger partial charge on any atom is -0.457 e. The van der Waals surface area contributed by atoms with Crippen molar-refractivity contribution in [1.82, 2.24) is 9.55 Å². The third kappa shape index (κ3) is 1.45. The lowest BCUT2D eigenvalue weighted by atomic mass is 10.3. The SMILES string of the molecule is Cc1nc2ccoc2c(=O)n1-c1ccccc1. The van der Waals surface area contributed by atoms with Gasteiger partial charge < -0.3 is 4.42 Å². The van der Waals surface area contributed by atoms with E-state index in [9.17, 15) is 4.79 Å². The van der Waals surface area contributed by atoms with Gasteiger partial charge >= 0.3 is 5.56 Å². The summed E-state index contributed by atoms with van der Waals surface area (Å²) >= 11 is 0. The highest BCUT2D eigenvalue weighted by atomic mass is 16.3. The number of nitrogens with zero attached hydrogens (tertiary/aromatic N) is 2. The number of furan rings is 1. The van der Waals surface area contributed by atoms with Gasteiger partial charge in [-0.1, -0.05) is 18.2 Å². The van der Waals surface area contributed by atoms with E-state index in [0.717, 1.165) is 5.69 Å². The van der Waals surface area contributed by atoms with Gasteiger partial charge in [-0.15, -0.1) is 0 Å². The number of hydrogen-bond acceptors (Lipinski definition) is 3. The monoisotopic (exact) mass is 226 g/mol. The molecule has 4 heteroatoms. The highest BCUT2D eigenvalue weighted by molar-refractivity contribution is 5.71. The van der Waals surface area contributed by atoms with Crippen molar-refractivity contribution < 1.29 is 4.42 Å². The molecular weight excluding hydrogens is 216 g/mol. The molecule has 2 heterocycles. The van der Waals surface area contributed by atoms with Crippen LogP contribution < -0.4 is 5.56 Å². The Hall–Kier alpha value is -2.36. The quantitative estimate of drug-likeness (QED) is 0.639. The molecule has 0 saturated heterocycles. The maximum absolute atomic E-state index is 12.2. The van der Waals surface area contributed by atoms with Gasteiger partial charge in [0.15, 0.2) is 0 Å². The smallest absolute Gasteiger partial charge is 0.301 e. The van der Waals surface area contributed by atoms with Crippen LogP contribution in [0.1, 0.15) is 5.82 Å².